The van der Waals surface area contributed by atoms with Crippen molar-refractivity contribution < 1.29 is 19.0 Å². The van der Waals surface area contributed by atoms with Crippen molar-refractivity contribution in [2.24, 2.45) is 0 Å². The van der Waals surface area contributed by atoms with Crippen LogP contribution in [-0.2, 0) is 6.61 Å². The van der Waals surface area contributed by atoms with Crippen LogP contribution in [-0.4, -0.2) is 15.6 Å². The van der Waals surface area contributed by atoms with Gasteiger partial charge in [0.15, 0.2) is 0 Å². The van der Waals surface area contributed by atoms with E-state index in [0.717, 1.165) is 33.8 Å². The predicted molar refractivity (Wildman–Crippen MR) is 130 cm³/mol. The van der Waals surface area contributed by atoms with Gasteiger partial charge in [0, 0.05) is 16.9 Å². The van der Waals surface area contributed by atoms with Gasteiger partial charge in [0.1, 0.15) is 18.2 Å². The quantitative estimate of drug-likeness (QED) is 0.341. The Labute approximate surface area is 193 Å². The maximum Gasteiger partial charge on any atom is 0.335 e. The predicted octanol–water partition coefficient (Wildman–Crippen LogP) is 7.20. The fourth-order valence-electron chi connectivity index (χ4n) is 3.58. The number of aromatic nitrogens is 1. The summed E-state index contributed by atoms with van der Waals surface area (Å²) in [6.45, 7) is 8.30. The molecule has 33 heavy (non-hydrogen) atoms. The van der Waals surface area contributed by atoms with Gasteiger partial charge in [0.05, 0.1) is 11.3 Å². The summed E-state index contributed by atoms with van der Waals surface area (Å²) >= 11 is 0. The Balaban J connectivity index is 0.00000149. The number of rotatable bonds is 6. The Bertz CT molecular complexity index is 1240. The maximum absolute atomic E-state index is 13.2. The number of ether oxygens (including phenoxy) is 1. The van der Waals surface area contributed by atoms with E-state index in [9.17, 15) is 14.3 Å². The molecule has 0 aliphatic heterocycles. The Hall–Kier alpha value is -3.86. The average Bonchev–Trinajstić information content (AvgIpc) is 3.22. The number of nitrogens with zero attached hydrogens (tertiary/aromatic N) is 1. The molecule has 0 spiro atoms. The van der Waals surface area contributed by atoms with Crippen molar-refractivity contribution in [3.63, 3.8) is 0 Å². The van der Waals surface area contributed by atoms with E-state index in [4.69, 9.17) is 4.74 Å². The topological polar surface area (TPSA) is 51.5 Å². The van der Waals surface area contributed by atoms with Gasteiger partial charge in [-0.3, -0.25) is 0 Å². The Morgan fingerprint density at radius 2 is 1.67 bits per heavy atom. The SMILES string of the molecule is CC.Cc1ccc(OCc2ccc(F)cc2)c(-c2ccc(C)n2-c2cccc(C(=O)O)c2)c1. The summed E-state index contributed by atoms with van der Waals surface area (Å²) in [6, 6.07) is 23.1. The molecule has 1 heterocycles. The van der Waals surface area contributed by atoms with Crippen LogP contribution in [0.4, 0.5) is 4.39 Å². The molecule has 1 N–H and O–H groups in total. The summed E-state index contributed by atoms with van der Waals surface area (Å²) in [5.74, 6) is -0.549. The van der Waals surface area contributed by atoms with Crippen molar-refractivity contribution in [1.29, 1.82) is 0 Å². The van der Waals surface area contributed by atoms with Crippen LogP contribution in [0.3, 0.4) is 0 Å². The monoisotopic (exact) mass is 445 g/mol. The summed E-state index contributed by atoms with van der Waals surface area (Å²) in [5, 5.41) is 9.39. The lowest BCUT2D eigenvalue weighted by Gasteiger charge is -2.17. The van der Waals surface area contributed by atoms with Gasteiger partial charge in [-0.1, -0.05) is 43.7 Å². The molecule has 0 fully saturated rings. The molecule has 1 aromatic heterocycles. The zero-order valence-corrected chi connectivity index (χ0v) is 19.3. The van der Waals surface area contributed by atoms with E-state index in [-0.39, 0.29) is 11.4 Å². The highest BCUT2D eigenvalue weighted by molar-refractivity contribution is 5.88. The van der Waals surface area contributed by atoms with Gasteiger partial charge in [-0.15, -0.1) is 0 Å². The van der Waals surface area contributed by atoms with Crippen LogP contribution < -0.4 is 4.74 Å². The minimum atomic E-state index is -0.966. The second kappa shape index (κ2) is 10.6. The van der Waals surface area contributed by atoms with Gasteiger partial charge < -0.3 is 14.4 Å². The van der Waals surface area contributed by atoms with E-state index in [1.54, 1.807) is 30.3 Å². The largest absolute Gasteiger partial charge is 0.488 e. The standard InChI is InChI=1S/C26H22FNO3.C2H6/c1-17-6-13-25(31-16-19-8-10-21(27)11-9-19)23(14-17)24-12-7-18(2)28(24)22-5-3-4-20(15-22)26(29)30;1-2/h3-15H,16H2,1-2H3,(H,29,30);1-2H3. The molecule has 0 bridgehead atoms. The van der Waals surface area contributed by atoms with Crippen molar-refractivity contribution >= 4 is 5.97 Å². The smallest absolute Gasteiger partial charge is 0.335 e. The fourth-order valence-corrected chi connectivity index (χ4v) is 3.58. The molecule has 4 nitrogen and oxygen atoms in total. The fraction of sp³-hybridized carbons (Fsp3) is 0.179. The number of benzene rings is 3. The minimum absolute atomic E-state index is 0.230. The van der Waals surface area contributed by atoms with Crippen molar-refractivity contribution in [2.75, 3.05) is 0 Å². The first kappa shape index (κ1) is 23.8. The number of halogens is 1. The molecule has 0 radical (unpaired) electrons. The van der Waals surface area contributed by atoms with Gasteiger partial charge in [-0.05, 0) is 74.0 Å². The number of hydrogen-bond donors (Lipinski definition) is 1. The molecule has 0 amide bonds. The molecule has 4 aromatic rings. The van der Waals surface area contributed by atoms with E-state index in [0.29, 0.717) is 12.4 Å². The van der Waals surface area contributed by atoms with Crippen LogP contribution in [0.2, 0.25) is 0 Å². The third-order valence-electron chi connectivity index (χ3n) is 5.15. The lowest BCUT2D eigenvalue weighted by Crippen LogP contribution is -2.04. The lowest BCUT2D eigenvalue weighted by molar-refractivity contribution is 0.0697. The van der Waals surface area contributed by atoms with E-state index in [1.165, 1.54) is 12.1 Å². The normalized spacial score (nSPS) is 10.3. The van der Waals surface area contributed by atoms with E-state index >= 15 is 0 Å². The second-order valence-electron chi connectivity index (χ2n) is 7.47. The molecule has 4 rings (SSSR count). The third-order valence-corrected chi connectivity index (χ3v) is 5.15. The molecule has 0 saturated carbocycles. The molecule has 5 heteroatoms. The van der Waals surface area contributed by atoms with Crippen molar-refractivity contribution in [3.8, 4) is 22.7 Å². The van der Waals surface area contributed by atoms with Gasteiger partial charge in [0.2, 0.25) is 0 Å². The summed E-state index contributed by atoms with van der Waals surface area (Å²) in [4.78, 5) is 11.4. The van der Waals surface area contributed by atoms with Gasteiger partial charge in [-0.25, -0.2) is 9.18 Å². The Kier molecular flexibility index (Phi) is 7.67. The Morgan fingerprint density at radius 3 is 2.36 bits per heavy atom. The Morgan fingerprint density at radius 1 is 0.939 bits per heavy atom. The molecular weight excluding hydrogens is 417 g/mol. The summed E-state index contributed by atoms with van der Waals surface area (Å²) < 4.78 is 21.3. The van der Waals surface area contributed by atoms with Crippen LogP contribution in [0.5, 0.6) is 5.75 Å². The summed E-state index contributed by atoms with van der Waals surface area (Å²) in [5.41, 5.74) is 5.72. The average molecular weight is 446 g/mol. The first-order chi connectivity index (χ1) is 15.9. The molecule has 0 unspecified atom stereocenters. The lowest BCUT2D eigenvalue weighted by atomic mass is 10.1. The summed E-state index contributed by atoms with van der Waals surface area (Å²) in [6.07, 6.45) is 0. The molecule has 0 saturated heterocycles. The number of aromatic carboxylic acids is 1. The number of carbonyl (C=O) groups is 1. The first-order valence-electron chi connectivity index (χ1n) is 10.9. The zero-order chi connectivity index (χ0) is 24.0. The van der Waals surface area contributed by atoms with Crippen LogP contribution in [0.15, 0.2) is 78.9 Å². The maximum atomic E-state index is 13.2. The van der Waals surface area contributed by atoms with E-state index < -0.39 is 5.97 Å². The van der Waals surface area contributed by atoms with Crippen LogP contribution in [0.1, 0.15) is 41.0 Å². The van der Waals surface area contributed by atoms with Crippen LogP contribution in [0, 0.1) is 19.7 Å². The van der Waals surface area contributed by atoms with Crippen molar-refractivity contribution in [3.05, 3.63) is 107 Å². The number of aryl methyl sites for hydroxylation is 2. The van der Waals surface area contributed by atoms with Crippen molar-refractivity contribution in [1.82, 2.24) is 4.57 Å². The van der Waals surface area contributed by atoms with Crippen LogP contribution in [0.25, 0.3) is 16.9 Å². The third kappa shape index (κ3) is 5.50. The van der Waals surface area contributed by atoms with Gasteiger partial charge >= 0.3 is 5.97 Å². The molecule has 0 atom stereocenters. The van der Waals surface area contributed by atoms with E-state index in [2.05, 4.69) is 0 Å². The molecule has 0 aliphatic carbocycles. The molecule has 0 aliphatic rings. The van der Waals surface area contributed by atoms with Crippen molar-refractivity contribution in [2.45, 2.75) is 34.3 Å². The zero-order valence-electron chi connectivity index (χ0n) is 19.3. The van der Waals surface area contributed by atoms with Gasteiger partial charge in [-0.2, -0.15) is 0 Å². The van der Waals surface area contributed by atoms with Crippen LogP contribution >= 0.6 is 0 Å². The first-order valence-corrected chi connectivity index (χ1v) is 10.9. The highest BCUT2D eigenvalue weighted by Crippen LogP contribution is 2.35. The van der Waals surface area contributed by atoms with E-state index in [1.807, 2.05) is 68.7 Å². The highest BCUT2D eigenvalue weighted by atomic mass is 19.1. The molecular formula is C28H28FNO3. The highest BCUT2D eigenvalue weighted by Gasteiger charge is 2.16. The minimum Gasteiger partial charge on any atom is -0.488 e. The number of carboxylic acids is 1. The number of hydrogen-bond acceptors (Lipinski definition) is 2. The molecule has 170 valence electrons. The second-order valence-corrected chi connectivity index (χ2v) is 7.47. The summed E-state index contributed by atoms with van der Waals surface area (Å²) in [7, 11) is 0. The number of carboxylic acid groups (broad SMARTS) is 1. The van der Waals surface area contributed by atoms with Gasteiger partial charge in [0.25, 0.3) is 0 Å². The molecule has 3 aromatic carbocycles.